The number of halogens is 1. The number of benzene rings is 3. The van der Waals surface area contributed by atoms with Crippen LogP contribution < -0.4 is 11.1 Å². The van der Waals surface area contributed by atoms with Crippen molar-refractivity contribution in [1.82, 2.24) is 15.2 Å². The Kier molecular flexibility index (Phi) is 9.84. The molecule has 1 saturated heterocycles. The molecule has 3 atom stereocenters. The number of nitrogens with zero attached hydrogens (tertiary/aromatic N) is 2. The molecule has 1 aliphatic heterocycles. The fourth-order valence-electron chi connectivity index (χ4n) is 6.33. The maximum Gasteiger partial charge on any atom is 0.404 e. The molecule has 0 aliphatic carbocycles. The number of fused-ring (bicyclic) bond motifs is 1. The molecule has 1 aliphatic rings. The second-order valence-corrected chi connectivity index (χ2v) is 12.0. The smallest absolute Gasteiger partial charge is 0.404 e. The first-order valence-corrected chi connectivity index (χ1v) is 15.4. The van der Waals surface area contributed by atoms with E-state index in [1.165, 1.54) is 0 Å². The Morgan fingerprint density at radius 3 is 2.68 bits per heavy atom. The maximum absolute atomic E-state index is 13.7. The highest BCUT2D eigenvalue weighted by atomic mass is 35.5. The summed E-state index contributed by atoms with van der Waals surface area (Å²) in [6, 6.07) is 23.0. The average molecular weight is 615 g/mol. The fourth-order valence-corrected chi connectivity index (χ4v) is 6.61. The molecule has 2 heterocycles. The molecular weight excluding hydrogens is 576 g/mol. The SMILES string of the molecule is CNCc1ccc(C(=O)N2CCCC(C(O)(CCC(C)OC(N)=O)c3cccc(Cl)c3-c3cnc4ccccc4c3)C2)cc1. The van der Waals surface area contributed by atoms with Crippen LogP contribution in [0.25, 0.3) is 22.0 Å². The van der Waals surface area contributed by atoms with E-state index in [2.05, 4.69) is 10.3 Å². The number of hydrogen-bond acceptors (Lipinski definition) is 6. The Hall–Kier alpha value is -3.98. The number of primary amides is 1. The van der Waals surface area contributed by atoms with Gasteiger partial charge in [-0.15, -0.1) is 0 Å². The number of para-hydroxylation sites is 1. The van der Waals surface area contributed by atoms with Gasteiger partial charge in [-0.3, -0.25) is 9.78 Å². The minimum absolute atomic E-state index is 0.0662. The molecule has 2 amide bonds. The van der Waals surface area contributed by atoms with Gasteiger partial charge in [0.05, 0.1) is 11.1 Å². The van der Waals surface area contributed by atoms with Gasteiger partial charge >= 0.3 is 6.09 Å². The molecule has 0 saturated carbocycles. The minimum atomic E-state index is -1.41. The molecule has 0 bridgehead atoms. The first-order chi connectivity index (χ1) is 21.2. The first-order valence-electron chi connectivity index (χ1n) is 15.0. The van der Waals surface area contributed by atoms with E-state index >= 15 is 0 Å². The summed E-state index contributed by atoms with van der Waals surface area (Å²) in [6.45, 7) is 3.44. The van der Waals surface area contributed by atoms with Crippen molar-refractivity contribution in [2.24, 2.45) is 11.7 Å². The van der Waals surface area contributed by atoms with Gasteiger partial charge in [0.25, 0.3) is 5.91 Å². The second kappa shape index (κ2) is 13.8. The number of rotatable bonds is 10. The quantitative estimate of drug-likeness (QED) is 0.194. The number of piperidine rings is 1. The summed E-state index contributed by atoms with van der Waals surface area (Å²) in [6.07, 6.45) is 2.47. The maximum atomic E-state index is 13.7. The number of ether oxygens (including phenoxy) is 1. The molecule has 3 aromatic carbocycles. The normalized spacial score (nSPS) is 17.2. The van der Waals surface area contributed by atoms with Gasteiger partial charge in [0.1, 0.15) is 6.10 Å². The zero-order valence-electron chi connectivity index (χ0n) is 25.1. The van der Waals surface area contributed by atoms with E-state index in [-0.39, 0.29) is 18.2 Å². The van der Waals surface area contributed by atoms with Gasteiger partial charge in [-0.1, -0.05) is 54.1 Å². The van der Waals surface area contributed by atoms with Crippen molar-refractivity contribution < 1.29 is 19.4 Å². The summed E-state index contributed by atoms with van der Waals surface area (Å²) in [4.78, 5) is 31.6. The van der Waals surface area contributed by atoms with Crippen molar-refractivity contribution in [2.45, 2.75) is 50.9 Å². The summed E-state index contributed by atoms with van der Waals surface area (Å²) in [5, 5.41) is 17.4. The fraction of sp³-hybridized carbons (Fsp3) is 0.343. The molecule has 3 unspecified atom stereocenters. The van der Waals surface area contributed by atoms with Gasteiger partial charge in [-0.25, -0.2) is 4.79 Å². The molecule has 0 spiro atoms. The monoisotopic (exact) mass is 614 g/mol. The van der Waals surface area contributed by atoms with E-state index in [4.69, 9.17) is 22.1 Å². The van der Waals surface area contributed by atoms with Crippen LogP contribution in [0.15, 0.2) is 79.0 Å². The minimum Gasteiger partial charge on any atom is -0.447 e. The molecule has 1 fully saturated rings. The second-order valence-electron chi connectivity index (χ2n) is 11.6. The number of carbonyl (C=O) groups excluding carboxylic acids is 2. The van der Waals surface area contributed by atoms with E-state index in [1.54, 1.807) is 13.1 Å². The summed E-state index contributed by atoms with van der Waals surface area (Å²) in [7, 11) is 1.89. The summed E-state index contributed by atoms with van der Waals surface area (Å²) < 4.78 is 5.22. The van der Waals surface area contributed by atoms with Crippen molar-refractivity contribution in [2.75, 3.05) is 20.1 Å². The number of carbonyl (C=O) groups is 2. The van der Waals surface area contributed by atoms with Crippen LogP contribution in [0, 0.1) is 5.92 Å². The lowest BCUT2D eigenvalue weighted by molar-refractivity contribution is -0.0624. The third kappa shape index (κ3) is 6.88. The van der Waals surface area contributed by atoms with E-state index < -0.39 is 17.8 Å². The highest BCUT2D eigenvalue weighted by Crippen LogP contribution is 2.46. The number of aromatic nitrogens is 1. The Bertz CT molecular complexity index is 1630. The highest BCUT2D eigenvalue weighted by molar-refractivity contribution is 6.33. The van der Waals surface area contributed by atoms with E-state index in [0.29, 0.717) is 47.6 Å². The molecule has 4 aromatic rings. The number of hydrogen-bond donors (Lipinski definition) is 3. The molecule has 8 nitrogen and oxygen atoms in total. The predicted octanol–water partition coefficient (Wildman–Crippen LogP) is 6.28. The van der Waals surface area contributed by atoms with Gasteiger partial charge in [0, 0.05) is 58.8 Å². The number of likely N-dealkylation sites (tertiary alicyclic amines) is 1. The zero-order valence-corrected chi connectivity index (χ0v) is 25.9. The number of pyridine rings is 1. The van der Waals surface area contributed by atoms with Crippen molar-refractivity contribution >= 4 is 34.5 Å². The number of nitrogens with one attached hydrogen (secondary N) is 1. The van der Waals surface area contributed by atoms with Gasteiger partial charge < -0.3 is 25.8 Å². The lowest BCUT2D eigenvalue weighted by Crippen LogP contribution is -2.48. The largest absolute Gasteiger partial charge is 0.447 e. The van der Waals surface area contributed by atoms with Crippen LogP contribution in [-0.4, -0.2) is 53.2 Å². The van der Waals surface area contributed by atoms with E-state index in [9.17, 15) is 14.7 Å². The third-order valence-corrected chi connectivity index (χ3v) is 8.89. The lowest BCUT2D eigenvalue weighted by atomic mass is 9.72. The van der Waals surface area contributed by atoms with Gasteiger partial charge in [0.2, 0.25) is 0 Å². The zero-order chi connectivity index (χ0) is 31.3. The molecule has 0 radical (unpaired) electrons. The van der Waals surface area contributed by atoms with Crippen molar-refractivity contribution in [3.63, 3.8) is 0 Å². The van der Waals surface area contributed by atoms with E-state index in [1.807, 2.05) is 84.7 Å². The molecule has 4 N–H and O–H groups in total. The van der Waals surface area contributed by atoms with Crippen molar-refractivity contribution in [1.29, 1.82) is 0 Å². The number of amides is 2. The molecule has 1 aromatic heterocycles. The van der Waals surface area contributed by atoms with Crippen LogP contribution >= 0.6 is 11.6 Å². The van der Waals surface area contributed by atoms with Crippen LogP contribution in [0.4, 0.5) is 4.79 Å². The third-order valence-electron chi connectivity index (χ3n) is 8.57. The van der Waals surface area contributed by atoms with Crippen LogP contribution in [0.2, 0.25) is 5.02 Å². The van der Waals surface area contributed by atoms with E-state index in [0.717, 1.165) is 35.0 Å². The lowest BCUT2D eigenvalue weighted by Gasteiger charge is -2.44. The molecule has 5 rings (SSSR count). The topological polar surface area (TPSA) is 118 Å². The van der Waals surface area contributed by atoms with Gasteiger partial charge in [0.15, 0.2) is 0 Å². The summed E-state index contributed by atoms with van der Waals surface area (Å²) in [5.74, 6) is -0.376. The predicted molar refractivity (Wildman–Crippen MR) is 173 cm³/mol. The van der Waals surface area contributed by atoms with Gasteiger partial charge in [-0.2, -0.15) is 0 Å². The van der Waals surface area contributed by atoms with Crippen LogP contribution in [0.5, 0.6) is 0 Å². The number of aliphatic hydroxyl groups is 1. The molecule has 9 heteroatoms. The summed E-state index contributed by atoms with van der Waals surface area (Å²) in [5.41, 5.74) is 8.59. The van der Waals surface area contributed by atoms with Crippen molar-refractivity contribution in [3.05, 3.63) is 101 Å². The molecule has 230 valence electrons. The Morgan fingerprint density at radius 2 is 1.93 bits per heavy atom. The van der Waals surface area contributed by atoms with Gasteiger partial charge in [-0.05, 0) is 81.1 Å². The molecule has 44 heavy (non-hydrogen) atoms. The summed E-state index contributed by atoms with van der Waals surface area (Å²) >= 11 is 6.89. The van der Waals surface area contributed by atoms with Crippen LogP contribution in [0.1, 0.15) is 54.1 Å². The highest BCUT2D eigenvalue weighted by Gasteiger charge is 2.43. The number of nitrogens with two attached hydrogens (primary N) is 1. The average Bonchev–Trinajstić information content (AvgIpc) is 3.03. The first kappa shape index (κ1) is 31.4. The van der Waals surface area contributed by atoms with Crippen molar-refractivity contribution in [3.8, 4) is 11.1 Å². The Labute approximate surface area is 263 Å². The van der Waals surface area contributed by atoms with Crippen LogP contribution in [-0.2, 0) is 16.9 Å². The van der Waals surface area contributed by atoms with Crippen LogP contribution in [0.3, 0.4) is 0 Å². The standard InChI is InChI=1S/C35H39ClN4O4/c1-23(44-34(37)42)16-17-35(43,28-8-6-18-40(22-28)33(41)25-14-12-24(13-15-25)20-38-2)29-9-5-10-30(36)32(29)27-19-26-7-3-4-11-31(26)39-21-27/h3-5,7,9-15,19,21,23,28,38,43H,6,8,16-18,20,22H2,1-2H3,(H2,37,42). The Balaban J connectivity index is 1.52. The molecular formula is C35H39ClN4O4. The Morgan fingerprint density at radius 1 is 1.16 bits per heavy atom.